The summed E-state index contributed by atoms with van der Waals surface area (Å²) in [5.74, 6) is 0.798. The van der Waals surface area contributed by atoms with Gasteiger partial charge in [0.1, 0.15) is 5.82 Å². The first-order valence-electron chi connectivity index (χ1n) is 8.79. The quantitative estimate of drug-likeness (QED) is 0.515. The van der Waals surface area contributed by atoms with Crippen LogP contribution in [-0.4, -0.2) is 42.8 Å². The van der Waals surface area contributed by atoms with E-state index in [9.17, 15) is 4.39 Å². The number of benzene rings is 1. The lowest BCUT2D eigenvalue weighted by Crippen LogP contribution is -2.51. The smallest absolute Gasteiger partial charge is 0.216 e. The second-order valence-corrected chi connectivity index (χ2v) is 6.62. The molecule has 5 nitrogen and oxygen atoms in total. The van der Waals surface area contributed by atoms with Crippen LogP contribution in [0.1, 0.15) is 32.6 Å². The normalized spacial score (nSPS) is 24.5. The van der Waals surface area contributed by atoms with Crippen molar-refractivity contribution in [1.82, 2.24) is 4.90 Å². The largest absolute Gasteiger partial charge is 0.368 e. The highest BCUT2D eigenvalue weighted by Gasteiger charge is 2.21. The maximum absolute atomic E-state index is 13.9. The molecule has 1 saturated heterocycles. The van der Waals surface area contributed by atoms with Crippen molar-refractivity contribution < 1.29 is 4.39 Å². The van der Waals surface area contributed by atoms with Crippen LogP contribution in [0.15, 0.2) is 34.5 Å². The fourth-order valence-corrected chi connectivity index (χ4v) is 3.38. The molecule has 0 spiro atoms. The maximum atomic E-state index is 13.9. The van der Waals surface area contributed by atoms with E-state index in [1.54, 1.807) is 6.07 Å². The predicted octanol–water partition coefficient (Wildman–Crippen LogP) is 2.83. The second kappa shape index (κ2) is 7.64. The molecule has 2 aliphatic rings. The highest BCUT2D eigenvalue weighted by molar-refractivity contribution is 5.88. The number of halogens is 1. The Bertz CT molecular complexity index is 620. The van der Waals surface area contributed by atoms with Gasteiger partial charge in [-0.1, -0.05) is 25.5 Å². The summed E-state index contributed by atoms with van der Waals surface area (Å²) in [4.78, 5) is 4.07. The molecule has 1 aliphatic heterocycles. The van der Waals surface area contributed by atoms with E-state index in [0.29, 0.717) is 17.6 Å². The van der Waals surface area contributed by atoms with Gasteiger partial charge in [-0.3, -0.25) is 0 Å². The molecule has 6 heteroatoms. The summed E-state index contributed by atoms with van der Waals surface area (Å²) in [6.45, 7) is 5.11. The molecule has 1 saturated carbocycles. The molecule has 1 aromatic carbocycles. The van der Waals surface area contributed by atoms with Gasteiger partial charge in [0.15, 0.2) is 0 Å². The van der Waals surface area contributed by atoms with Crippen molar-refractivity contribution in [2.24, 2.45) is 21.9 Å². The molecule has 0 bridgehead atoms. The van der Waals surface area contributed by atoms with E-state index in [1.165, 1.54) is 25.3 Å². The molecule has 24 heavy (non-hydrogen) atoms. The van der Waals surface area contributed by atoms with E-state index < -0.39 is 0 Å². The molecular weight excluding hydrogens is 305 g/mol. The minimum atomic E-state index is -0.176. The van der Waals surface area contributed by atoms with E-state index in [2.05, 4.69) is 17.1 Å². The van der Waals surface area contributed by atoms with Crippen LogP contribution in [0.5, 0.6) is 0 Å². The van der Waals surface area contributed by atoms with Crippen molar-refractivity contribution in [3.8, 4) is 0 Å². The topological polar surface area (TPSA) is 57.2 Å². The van der Waals surface area contributed by atoms with E-state index in [1.807, 2.05) is 21.9 Å². The number of nitrogens with two attached hydrogens (primary N) is 1. The Morgan fingerprint density at radius 2 is 1.92 bits per heavy atom. The van der Waals surface area contributed by atoms with Gasteiger partial charge in [-0.15, -0.1) is 5.10 Å². The number of anilines is 1. The Balaban J connectivity index is 1.59. The first-order chi connectivity index (χ1) is 11.6. The minimum absolute atomic E-state index is 0.176. The first kappa shape index (κ1) is 16.7. The molecule has 2 N–H and O–H groups in total. The zero-order valence-electron chi connectivity index (χ0n) is 14.3. The van der Waals surface area contributed by atoms with Crippen molar-refractivity contribution in [3.63, 3.8) is 0 Å². The average Bonchev–Trinajstić information content (AvgIpc) is 2.61. The Morgan fingerprint density at radius 1 is 1.17 bits per heavy atom. The zero-order valence-corrected chi connectivity index (χ0v) is 14.3. The van der Waals surface area contributed by atoms with Gasteiger partial charge in [0, 0.05) is 31.9 Å². The Kier molecular flexibility index (Phi) is 5.33. The molecule has 130 valence electrons. The molecule has 2 fully saturated rings. The van der Waals surface area contributed by atoms with E-state index in [4.69, 9.17) is 5.73 Å². The van der Waals surface area contributed by atoms with Crippen molar-refractivity contribution in [1.29, 1.82) is 0 Å². The molecule has 1 heterocycles. The van der Waals surface area contributed by atoms with Gasteiger partial charge >= 0.3 is 0 Å². The number of piperazine rings is 1. The Hall–Kier alpha value is -2.11. The van der Waals surface area contributed by atoms with Gasteiger partial charge in [-0.25, -0.2) is 4.39 Å². The molecule has 0 aromatic heterocycles. The summed E-state index contributed by atoms with van der Waals surface area (Å²) in [7, 11) is 0. The highest BCUT2D eigenvalue weighted by Crippen LogP contribution is 2.22. The van der Waals surface area contributed by atoms with Crippen LogP contribution < -0.4 is 10.6 Å². The minimum Gasteiger partial charge on any atom is -0.368 e. The summed E-state index contributed by atoms with van der Waals surface area (Å²) >= 11 is 0. The number of guanidine groups is 1. The number of hydrogen-bond acceptors (Lipinski definition) is 3. The fourth-order valence-electron chi connectivity index (χ4n) is 3.38. The predicted molar refractivity (Wildman–Crippen MR) is 96.9 cm³/mol. The van der Waals surface area contributed by atoms with Gasteiger partial charge in [-0.2, -0.15) is 5.10 Å². The highest BCUT2D eigenvalue weighted by atomic mass is 19.1. The summed E-state index contributed by atoms with van der Waals surface area (Å²) < 4.78 is 13.9. The van der Waals surface area contributed by atoms with Crippen LogP contribution >= 0.6 is 0 Å². The lowest BCUT2D eigenvalue weighted by Gasteiger charge is -2.36. The lowest BCUT2D eigenvalue weighted by atomic mass is 9.89. The molecule has 1 atom stereocenters. The second-order valence-electron chi connectivity index (χ2n) is 6.62. The van der Waals surface area contributed by atoms with Crippen molar-refractivity contribution in [3.05, 3.63) is 30.1 Å². The van der Waals surface area contributed by atoms with Gasteiger partial charge < -0.3 is 15.5 Å². The number of hydrogen-bond donors (Lipinski definition) is 1. The number of rotatable bonds is 2. The van der Waals surface area contributed by atoms with Gasteiger partial charge in [0.2, 0.25) is 5.96 Å². The van der Waals surface area contributed by atoms with Gasteiger partial charge in [-0.05, 0) is 37.3 Å². The third-order valence-corrected chi connectivity index (χ3v) is 4.97. The first-order valence-corrected chi connectivity index (χ1v) is 8.79. The van der Waals surface area contributed by atoms with E-state index in [-0.39, 0.29) is 5.82 Å². The molecule has 1 unspecified atom stereocenters. The Labute approximate surface area is 143 Å². The van der Waals surface area contributed by atoms with Crippen LogP contribution in [0.4, 0.5) is 10.1 Å². The Morgan fingerprint density at radius 3 is 2.62 bits per heavy atom. The maximum Gasteiger partial charge on any atom is 0.216 e. The fraction of sp³-hybridized carbons (Fsp3) is 0.556. The van der Waals surface area contributed by atoms with Crippen LogP contribution in [0, 0.1) is 11.7 Å². The summed E-state index contributed by atoms with van der Waals surface area (Å²) in [6, 6.07) is 6.89. The van der Waals surface area contributed by atoms with Gasteiger partial charge in [0.05, 0.1) is 5.69 Å². The average molecular weight is 331 g/mol. The van der Waals surface area contributed by atoms with Crippen molar-refractivity contribution >= 4 is 17.4 Å². The zero-order chi connectivity index (χ0) is 16.9. The van der Waals surface area contributed by atoms with Crippen LogP contribution in [0.3, 0.4) is 0 Å². The SMILES string of the molecule is CC1CCCCC1=N/N=C(\N)N1CCN(c2ccccc2F)CC1. The molecule has 0 radical (unpaired) electrons. The van der Waals surface area contributed by atoms with Crippen LogP contribution in [-0.2, 0) is 0 Å². The number of nitrogens with zero attached hydrogens (tertiary/aromatic N) is 4. The molecule has 0 amide bonds. The molecule has 1 aromatic rings. The number of para-hydroxylation sites is 1. The summed E-state index contributed by atoms with van der Waals surface area (Å²) in [5.41, 5.74) is 7.92. The van der Waals surface area contributed by atoms with E-state index >= 15 is 0 Å². The van der Waals surface area contributed by atoms with Crippen LogP contribution in [0.25, 0.3) is 0 Å². The lowest BCUT2D eigenvalue weighted by molar-refractivity contribution is 0.379. The van der Waals surface area contributed by atoms with Crippen molar-refractivity contribution in [2.75, 3.05) is 31.1 Å². The van der Waals surface area contributed by atoms with Crippen LogP contribution in [0.2, 0.25) is 0 Å². The third-order valence-electron chi connectivity index (χ3n) is 4.97. The van der Waals surface area contributed by atoms with Crippen molar-refractivity contribution in [2.45, 2.75) is 32.6 Å². The summed E-state index contributed by atoms with van der Waals surface area (Å²) in [5, 5.41) is 8.65. The molecule has 1 aliphatic carbocycles. The molecule has 3 rings (SSSR count). The summed E-state index contributed by atoms with van der Waals surface area (Å²) in [6.07, 6.45) is 4.69. The standard InChI is InChI=1S/C18H26FN5/c1-14-6-2-4-8-16(14)21-22-18(20)24-12-10-23(11-13-24)17-9-5-3-7-15(17)19/h3,5,7,9,14H,2,4,6,8,10-13H2,1H3,(H2,20,22). The third kappa shape index (κ3) is 3.86. The van der Waals surface area contributed by atoms with E-state index in [0.717, 1.165) is 38.3 Å². The van der Waals surface area contributed by atoms with Gasteiger partial charge in [0.25, 0.3) is 0 Å². The monoisotopic (exact) mass is 331 g/mol. The molecular formula is C18H26FN5.